The Kier molecular flexibility index (Phi) is 4.88. The molecule has 5 heteroatoms. The third kappa shape index (κ3) is 4.29. The van der Waals surface area contributed by atoms with E-state index in [1.54, 1.807) is 10.9 Å². The van der Waals surface area contributed by atoms with Gasteiger partial charge in [0.1, 0.15) is 6.61 Å². The lowest BCUT2D eigenvalue weighted by atomic mass is 10.1. The Morgan fingerprint density at radius 1 is 1.04 bits per heavy atom. The van der Waals surface area contributed by atoms with Crippen LogP contribution in [-0.4, -0.2) is 15.7 Å². The average Bonchev–Trinajstić information content (AvgIpc) is 3.10. The zero-order valence-electron chi connectivity index (χ0n) is 12.4. The quantitative estimate of drug-likeness (QED) is 0.639. The Bertz CT molecular complexity index is 766. The fourth-order valence-electron chi connectivity index (χ4n) is 2.15. The monoisotopic (exact) mass is 370 g/mol. The molecule has 0 radical (unpaired) electrons. The molecule has 0 N–H and O–H groups in total. The molecule has 0 aliphatic carbocycles. The molecule has 0 bridgehead atoms. The minimum Gasteiger partial charge on any atom is -0.461 e. The first-order valence-corrected chi connectivity index (χ1v) is 7.99. The van der Waals surface area contributed by atoms with Crippen LogP contribution in [-0.2, 0) is 22.6 Å². The van der Waals surface area contributed by atoms with E-state index >= 15 is 0 Å². The van der Waals surface area contributed by atoms with Crippen LogP contribution in [0, 0.1) is 0 Å². The Labute approximate surface area is 142 Å². The molecule has 116 valence electrons. The van der Waals surface area contributed by atoms with Crippen LogP contribution in [0.25, 0.3) is 5.69 Å². The first-order chi connectivity index (χ1) is 11.2. The molecule has 1 heterocycles. The van der Waals surface area contributed by atoms with E-state index in [2.05, 4.69) is 21.0 Å². The molecule has 1 aromatic heterocycles. The van der Waals surface area contributed by atoms with Gasteiger partial charge in [-0.1, -0.05) is 40.2 Å². The number of rotatable bonds is 5. The van der Waals surface area contributed by atoms with E-state index in [9.17, 15) is 4.79 Å². The second-order valence-electron chi connectivity index (χ2n) is 5.08. The predicted octanol–water partition coefficient (Wildman–Crippen LogP) is 3.92. The highest BCUT2D eigenvalue weighted by Gasteiger charge is 2.06. The van der Waals surface area contributed by atoms with Gasteiger partial charge in [-0.15, -0.1) is 0 Å². The summed E-state index contributed by atoms with van der Waals surface area (Å²) in [6, 6.07) is 17.3. The molecule has 3 aromatic rings. The van der Waals surface area contributed by atoms with Gasteiger partial charge >= 0.3 is 5.97 Å². The lowest BCUT2D eigenvalue weighted by Gasteiger charge is -2.07. The first-order valence-electron chi connectivity index (χ1n) is 7.20. The zero-order valence-corrected chi connectivity index (χ0v) is 13.9. The minimum absolute atomic E-state index is 0.233. The van der Waals surface area contributed by atoms with Crippen LogP contribution in [0.2, 0.25) is 0 Å². The van der Waals surface area contributed by atoms with Crippen molar-refractivity contribution in [2.45, 2.75) is 13.0 Å². The number of esters is 1. The molecule has 0 spiro atoms. The van der Waals surface area contributed by atoms with Gasteiger partial charge in [0, 0.05) is 16.9 Å². The van der Waals surface area contributed by atoms with Crippen LogP contribution < -0.4 is 0 Å². The molecule has 0 saturated carbocycles. The number of ether oxygens (including phenoxy) is 1. The minimum atomic E-state index is -0.233. The van der Waals surface area contributed by atoms with Gasteiger partial charge in [-0.05, 0) is 41.5 Å². The molecule has 0 aliphatic rings. The molecule has 2 aromatic carbocycles. The van der Waals surface area contributed by atoms with Crippen LogP contribution in [0.1, 0.15) is 11.1 Å². The van der Waals surface area contributed by atoms with Gasteiger partial charge in [0.25, 0.3) is 0 Å². The van der Waals surface area contributed by atoms with Crippen molar-refractivity contribution < 1.29 is 9.53 Å². The summed E-state index contributed by atoms with van der Waals surface area (Å²) in [6.07, 6.45) is 3.89. The average molecular weight is 371 g/mol. The highest BCUT2D eigenvalue weighted by atomic mass is 79.9. The smallest absolute Gasteiger partial charge is 0.310 e. The number of carbonyl (C=O) groups excluding carboxylic acids is 1. The van der Waals surface area contributed by atoms with Gasteiger partial charge in [-0.25, -0.2) is 4.68 Å². The number of hydrogen-bond donors (Lipinski definition) is 0. The molecular formula is C18H15BrN2O2. The number of hydrogen-bond acceptors (Lipinski definition) is 3. The van der Waals surface area contributed by atoms with Crippen LogP contribution >= 0.6 is 15.9 Å². The topological polar surface area (TPSA) is 44.1 Å². The first kappa shape index (κ1) is 15.5. The molecule has 0 amide bonds. The standard InChI is InChI=1S/C18H15BrN2O2/c19-16-6-2-14(3-7-16)12-18(22)23-13-15-4-8-17(9-5-15)21-11-1-10-20-21/h1-11H,12-13H2. The molecule has 0 aliphatic heterocycles. The maximum absolute atomic E-state index is 11.9. The van der Waals surface area contributed by atoms with E-state index in [0.717, 1.165) is 21.3 Å². The van der Waals surface area contributed by atoms with Crippen molar-refractivity contribution in [2.75, 3.05) is 0 Å². The fourth-order valence-corrected chi connectivity index (χ4v) is 2.41. The number of nitrogens with zero attached hydrogens (tertiary/aromatic N) is 2. The third-order valence-electron chi connectivity index (χ3n) is 3.37. The largest absolute Gasteiger partial charge is 0.461 e. The van der Waals surface area contributed by atoms with Gasteiger partial charge in [0.05, 0.1) is 12.1 Å². The molecule has 0 fully saturated rings. The summed E-state index contributed by atoms with van der Waals surface area (Å²) in [6.45, 7) is 0.273. The van der Waals surface area contributed by atoms with Crippen molar-refractivity contribution in [1.82, 2.24) is 9.78 Å². The Hall–Kier alpha value is -2.40. The number of benzene rings is 2. The summed E-state index contributed by atoms with van der Waals surface area (Å²) in [5, 5.41) is 4.17. The van der Waals surface area contributed by atoms with Crippen molar-refractivity contribution >= 4 is 21.9 Å². The normalized spacial score (nSPS) is 10.5. The van der Waals surface area contributed by atoms with E-state index in [1.165, 1.54) is 0 Å². The van der Waals surface area contributed by atoms with Gasteiger partial charge in [0.15, 0.2) is 0 Å². The van der Waals surface area contributed by atoms with Gasteiger partial charge < -0.3 is 4.74 Å². The summed E-state index contributed by atoms with van der Waals surface area (Å²) < 4.78 is 8.09. The summed E-state index contributed by atoms with van der Waals surface area (Å²) >= 11 is 3.37. The van der Waals surface area contributed by atoms with Crippen LogP contribution in [0.4, 0.5) is 0 Å². The van der Waals surface area contributed by atoms with E-state index in [-0.39, 0.29) is 19.0 Å². The lowest BCUT2D eigenvalue weighted by molar-refractivity contribution is -0.144. The molecule has 4 nitrogen and oxygen atoms in total. The van der Waals surface area contributed by atoms with E-state index in [0.29, 0.717) is 0 Å². The highest BCUT2D eigenvalue weighted by molar-refractivity contribution is 9.10. The molecule has 3 rings (SSSR count). The molecular weight excluding hydrogens is 356 g/mol. The zero-order chi connectivity index (χ0) is 16.1. The maximum Gasteiger partial charge on any atom is 0.310 e. The Morgan fingerprint density at radius 3 is 2.39 bits per heavy atom. The van der Waals surface area contributed by atoms with Crippen molar-refractivity contribution in [3.63, 3.8) is 0 Å². The van der Waals surface area contributed by atoms with Crippen molar-refractivity contribution in [1.29, 1.82) is 0 Å². The third-order valence-corrected chi connectivity index (χ3v) is 3.90. The fraction of sp³-hybridized carbons (Fsp3) is 0.111. The number of halogens is 1. The Morgan fingerprint density at radius 2 is 1.74 bits per heavy atom. The predicted molar refractivity (Wildman–Crippen MR) is 91.2 cm³/mol. The van der Waals surface area contributed by atoms with Crippen molar-refractivity contribution in [3.8, 4) is 5.69 Å². The molecule has 0 unspecified atom stereocenters. The summed E-state index contributed by atoms with van der Waals surface area (Å²) in [4.78, 5) is 11.9. The van der Waals surface area contributed by atoms with Gasteiger partial charge in [-0.3, -0.25) is 4.79 Å². The second kappa shape index (κ2) is 7.24. The lowest BCUT2D eigenvalue weighted by Crippen LogP contribution is -2.08. The number of aromatic nitrogens is 2. The van der Waals surface area contributed by atoms with E-state index in [4.69, 9.17) is 4.74 Å². The summed E-state index contributed by atoms with van der Waals surface area (Å²) in [5.74, 6) is -0.233. The molecule has 0 saturated heterocycles. The van der Waals surface area contributed by atoms with Crippen LogP contribution in [0.3, 0.4) is 0 Å². The summed E-state index contributed by atoms with van der Waals surface area (Å²) in [7, 11) is 0. The Balaban J connectivity index is 1.53. The maximum atomic E-state index is 11.9. The SMILES string of the molecule is O=C(Cc1ccc(Br)cc1)OCc1ccc(-n2cccn2)cc1. The number of carbonyl (C=O) groups is 1. The van der Waals surface area contributed by atoms with Crippen molar-refractivity contribution in [2.24, 2.45) is 0 Å². The molecule has 23 heavy (non-hydrogen) atoms. The summed E-state index contributed by atoms with van der Waals surface area (Å²) in [5.41, 5.74) is 2.86. The van der Waals surface area contributed by atoms with E-state index < -0.39 is 0 Å². The second-order valence-corrected chi connectivity index (χ2v) is 6.00. The van der Waals surface area contributed by atoms with Crippen LogP contribution in [0.5, 0.6) is 0 Å². The van der Waals surface area contributed by atoms with Crippen molar-refractivity contribution in [3.05, 3.63) is 82.6 Å². The highest BCUT2D eigenvalue weighted by Crippen LogP contribution is 2.12. The van der Waals surface area contributed by atoms with Gasteiger partial charge in [-0.2, -0.15) is 5.10 Å². The van der Waals surface area contributed by atoms with Crippen LogP contribution in [0.15, 0.2) is 71.5 Å². The van der Waals surface area contributed by atoms with E-state index in [1.807, 2.05) is 60.8 Å². The van der Waals surface area contributed by atoms with Gasteiger partial charge in [0.2, 0.25) is 0 Å². The molecule has 0 atom stereocenters.